The van der Waals surface area contributed by atoms with E-state index in [1.54, 1.807) is 39.2 Å². The molecule has 2 rings (SSSR count). The minimum Gasteiger partial charge on any atom is -0.481 e. The summed E-state index contributed by atoms with van der Waals surface area (Å²) < 4.78 is 16.0. The monoisotopic (exact) mass is 394 g/mol. The smallest absolute Gasteiger partial charge is 0.410 e. The van der Waals surface area contributed by atoms with Crippen molar-refractivity contribution in [3.8, 4) is 5.75 Å². The van der Waals surface area contributed by atoms with Crippen molar-refractivity contribution in [2.24, 2.45) is 5.41 Å². The number of hydrogen-bond donors (Lipinski definition) is 1. The lowest BCUT2D eigenvalue weighted by molar-refractivity contribution is -0.154. The molecule has 2 heterocycles. The summed E-state index contributed by atoms with van der Waals surface area (Å²) in [6.45, 7) is 7.72. The molecule has 1 aromatic heterocycles. The van der Waals surface area contributed by atoms with E-state index in [9.17, 15) is 14.7 Å². The first-order chi connectivity index (χ1) is 13.1. The second-order valence-corrected chi connectivity index (χ2v) is 8.02. The van der Waals surface area contributed by atoms with Crippen LogP contribution in [0.4, 0.5) is 4.79 Å². The standard InChI is InChI=1S/C20H30N2O6/c1-6-20(17(23)24)12-22(18(25)28-19(2,3)4)10-8-15(20)14-7-9-21-11-16(14)27-13-26-5/h7,9,11,15H,6,8,10,12-13H2,1-5H3,(H,23,24). The van der Waals surface area contributed by atoms with E-state index in [2.05, 4.69) is 4.98 Å². The van der Waals surface area contributed by atoms with Crippen LogP contribution in [0.2, 0.25) is 0 Å². The molecule has 1 saturated heterocycles. The Bertz CT molecular complexity index is 702. The van der Waals surface area contributed by atoms with Crippen molar-refractivity contribution < 1.29 is 28.9 Å². The van der Waals surface area contributed by atoms with Gasteiger partial charge in [-0.3, -0.25) is 9.78 Å². The number of nitrogens with zero attached hydrogens (tertiary/aromatic N) is 2. The van der Waals surface area contributed by atoms with E-state index in [0.29, 0.717) is 25.1 Å². The summed E-state index contributed by atoms with van der Waals surface area (Å²) in [5.74, 6) is -0.773. The highest BCUT2D eigenvalue weighted by Crippen LogP contribution is 2.48. The van der Waals surface area contributed by atoms with Gasteiger partial charge in [0.15, 0.2) is 6.79 Å². The van der Waals surface area contributed by atoms with E-state index in [0.717, 1.165) is 5.56 Å². The van der Waals surface area contributed by atoms with Gasteiger partial charge in [-0.2, -0.15) is 0 Å². The fourth-order valence-corrected chi connectivity index (χ4v) is 3.67. The highest BCUT2D eigenvalue weighted by atomic mass is 16.7. The first-order valence-corrected chi connectivity index (χ1v) is 9.41. The maximum atomic E-state index is 12.6. The molecule has 156 valence electrons. The van der Waals surface area contributed by atoms with Gasteiger partial charge in [-0.15, -0.1) is 0 Å². The number of rotatable bonds is 6. The lowest BCUT2D eigenvalue weighted by Gasteiger charge is -2.45. The van der Waals surface area contributed by atoms with E-state index < -0.39 is 23.1 Å². The van der Waals surface area contributed by atoms with Gasteiger partial charge in [0, 0.05) is 37.9 Å². The van der Waals surface area contributed by atoms with Gasteiger partial charge < -0.3 is 24.2 Å². The van der Waals surface area contributed by atoms with Gasteiger partial charge in [-0.05, 0) is 39.7 Å². The Labute approximate surface area is 165 Å². The maximum absolute atomic E-state index is 12.6. The van der Waals surface area contributed by atoms with Gasteiger partial charge in [0.2, 0.25) is 0 Å². The third kappa shape index (κ3) is 4.73. The minimum atomic E-state index is -1.15. The molecular formula is C20H30N2O6. The first-order valence-electron chi connectivity index (χ1n) is 9.41. The summed E-state index contributed by atoms with van der Waals surface area (Å²) in [6.07, 6.45) is 3.54. The van der Waals surface area contributed by atoms with Gasteiger partial charge in [0.1, 0.15) is 11.4 Å². The van der Waals surface area contributed by atoms with E-state index in [1.165, 1.54) is 12.0 Å². The van der Waals surface area contributed by atoms with Crippen LogP contribution in [-0.2, 0) is 14.3 Å². The number of hydrogen-bond acceptors (Lipinski definition) is 6. The van der Waals surface area contributed by atoms with Crippen LogP contribution < -0.4 is 4.74 Å². The SMILES string of the molecule is CCC1(C(=O)O)CN(C(=O)OC(C)(C)C)CCC1c1ccncc1OCOC. The average Bonchev–Trinajstić information content (AvgIpc) is 2.64. The van der Waals surface area contributed by atoms with Gasteiger partial charge in [-0.1, -0.05) is 6.92 Å². The van der Waals surface area contributed by atoms with Crippen LogP contribution in [-0.4, -0.2) is 59.6 Å². The second kappa shape index (κ2) is 8.77. The number of aromatic nitrogens is 1. The summed E-state index contributed by atoms with van der Waals surface area (Å²) in [5, 5.41) is 10.2. The number of carbonyl (C=O) groups excluding carboxylic acids is 1. The Hall–Kier alpha value is -2.35. The second-order valence-electron chi connectivity index (χ2n) is 8.02. The molecule has 28 heavy (non-hydrogen) atoms. The maximum Gasteiger partial charge on any atom is 0.410 e. The predicted octanol–water partition coefficient (Wildman–Crippen LogP) is 3.27. The molecule has 1 N–H and O–H groups in total. The van der Waals surface area contributed by atoms with E-state index in [-0.39, 0.29) is 19.3 Å². The third-order valence-electron chi connectivity index (χ3n) is 5.06. The molecule has 2 unspecified atom stereocenters. The Morgan fingerprint density at radius 2 is 2.11 bits per heavy atom. The molecule has 2 atom stereocenters. The minimum absolute atomic E-state index is 0.0433. The Balaban J connectivity index is 2.37. The summed E-state index contributed by atoms with van der Waals surface area (Å²) in [7, 11) is 1.52. The van der Waals surface area contributed by atoms with Crippen LogP contribution in [0.1, 0.15) is 52.0 Å². The van der Waals surface area contributed by atoms with Gasteiger partial charge in [-0.25, -0.2) is 4.79 Å². The van der Waals surface area contributed by atoms with Crippen LogP contribution in [0.5, 0.6) is 5.75 Å². The van der Waals surface area contributed by atoms with Crippen molar-refractivity contribution in [1.82, 2.24) is 9.88 Å². The number of amides is 1. The van der Waals surface area contributed by atoms with Gasteiger partial charge in [0.25, 0.3) is 0 Å². The number of ether oxygens (including phenoxy) is 3. The number of carboxylic acids is 1. The van der Waals surface area contributed by atoms with Crippen LogP contribution in [0.15, 0.2) is 18.5 Å². The number of carboxylic acid groups (broad SMARTS) is 1. The normalized spacial score (nSPS) is 22.6. The zero-order valence-electron chi connectivity index (χ0n) is 17.2. The Morgan fingerprint density at radius 1 is 1.39 bits per heavy atom. The van der Waals surface area contributed by atoms with E-state index in [1.807, 2.05) is 6.92 Å². The third-order valence-corrected chi connectivity index (χ3v) is 5.06. The quantitative estimate of drug-likeness (QED) is 0.739. The lowest BCUT2D eigenvalue weighted by atomic mass is 9.66. The number of methoxy groups -OCH3 is 1. The molecule has 0 aromatic carbocycles. The van der Waals surface area contributed by atoms with Gasteiger partial charge in [0.05, 0.1) is 11.6 Å². The average molecular weight is 394 g/mol. The first kappa shape index (κ1) is 21.9. The van der Waals surface area contributed by atoms with Crippen LogP contribution in [0.3, 0.4) is 0 Å². The molecule has 0 spiro atoms. The van der Waals surface area contributed by atoms with Crippen LogP contribution in [0.25, 0.3) is 0 Å². The number of piperidine rings is 1. The molecule has 0 radical (unpaired) electrons. The highest BCUT2D eigenvalue weighted by Gasteiger charge is 2.51. The van der Waals surface area contributed by atoms with Crippen molar-refractivity contribution >= 4 is 12.1 Å². The zero-order valence-corrected chi connectivity index (χ0v) is 17.2. The van der Waals surface area contributed by atoms with Crippen LogP contribution in [0, 0.1) is 5.41 Å². The molecule has 0 bridgehead atoms. The largest absolute Gasteiger partial charge is 0.481 e. The number of pyridine rings is 1. The molecule has 1 aliphatic heterocycles. The summed E-state index contributed by atoms with van der Waals surface area (Å²) in [5.41, 5.74) is -1.03. The highest BCUT2D eigenvalue weighted by molar-refractivity contribution is 5.79. The van der Waals surface area contributed by atoms with Crippen molar-refractivity contribution in [1.29, 1.82) is 0 Å². The summed E-state index contributed by atoms with van der Waals surface area (Å²) in [6, 6.07) is 1.78. The lowest BCUT2D eigenvalue weighted by Crippen LogP contribution is -2.54. The van der Waals surface area contributed by atoms with Crippen molar-refractivity contribution in [2.45, 2.75) is 52.1 Å². The molecule has 1 fully saturated rings. The Kier molecular flexibility index (Phi) is 6.87. The van der Waals surface area contributed by atoms with Crippen molar-refractivity contribution in [3.63, 3.8) is 0 Å². The summed E-state index contributed by atoms with van der Waals surface area (Å²) in [4.78, 5) is 30.5. The predicted molar refractivity (Wildman–Crippen MR) is 102 cm³/mol. The molecule has 8 nitrogen and oxygen atoms in total. The molecular weight excluding hydrogens is 364 g/mol. The van der Waals surface area contributed by atoms with E-state index >= 15 is 0 Å². The van der Waals surface area contributed by atoms with Crippen molar-refractivity contribution in [2.75, 3.05) is 27.0 Å². The number of carbonyl (C=O) groups is 2. The zero-order chi connectivity index (χ0) is 20.9. The van der Waals surface area contributed by atoms with E-state index in [4.69, 9.17) is 14.2 Å². The number of likely N-dealkylation sites (tertiary alicyclic amines) is 1. The van der Waals surface area contributed by atoms with Crippen molar-refractivity contribution in [3.05, 3.63) is 24.0 Å². The fraction of sp³-hybridized carbons (Fsp3) is 0.650. The van der Waals surface area contributed by atoms with Gasteiger partial charge >= 0.3 is 12.1 Å². The molecule has 1 aromatic rings. The molecule has 0 aliphatic carbocycles. The topological polar surface area (TPSA) is 98.2 Å². The molecule has 1 aliphatic rings. The summed E-state index contributed by atoms with van der Waals surface area (Å²) >= 11 is 0. The molecule has 1 amide bonds. The Morgan fingerprint density at radius 3 is 2.68 bits per heavy atom. The fourth-order valence-electron chi connectivity index (χ4n) is 3.67. The molecule has 0 saturated carbocycles. The number of aliphatic carboxylic acids is 1. The molecule has 8 heteroatoms. The van der Waals surface area contributed by atoms with Crippen LogP contribution >= 0.6 is 0 Å².